The molecule has 284 valence electrons. The predicted octanol–water partition coefficient (Wildman–Crippen LogP) is 9.72. The number of fused-ring (bicyclic) bond motifs is 2. The van der Waals surface area contributed by atoms with Crippen molar-refractivity contribution in [2.75, 3.05) is 26.7 Å². The summed E-state index contributed by atoms with van der Waals surface area (Å²) in [4.78, 5) is 26.5. The molecule has 0 N–H and O–H groups in total. The van der Waals surface area contributed by atoms with Crippen LogP contribution in [0.1, 0.15) is 0 Å². The maximum Gasteiger partial charge on any atom is 0.248 e. The molecule has 0 aliphatic heterocycles. The van der Waals surface area contributed by atoms with Gasteiger partial charge in [0.15, 0.2) is 5.16 Å². The van der Waals surface area contributed by atoms with E-state index in [-0.39, 0.29) is 5.16 Å². The van der Waals surface area contributed by atoms with Crippen molar-refractivity contribution in [2.45, 2.75) is 10.3 Å². The third kappa shape index (κ3) is 7.99. The molecular weight excluding hydrogens is 838 g/mol. The van der Waals surface area contributed by atoms with E-state index in [1.54, 1.807) is 73.5 Å². The molecule has 0 saturated heterocycles. The molecule has 0 fully saturated rings. The SMILES string of the molecule is COc1ccc2c(c1)nc(-c1ccc(Cl)c(Cl)c1)n2-c1ccnc(S(C)(=O)=O)n1.COc1ccc2c(c1)nc(-c1ccc(Cl)c(Cl)c1)n2-c1ccnc(SC)n1. The summed E-state index contributed by atoms with van der Waals surface area (Å²) >= 11 is 26.1. The number of aromatic nitrogens is 8. The predicted molar refractivity (Wildman–Crippen MR) is 222 cm³/mol. The van der Waals surface area contributed by atoms with Gasteiger partial charge in [-0.05, 0) is 79.1 Å². The number of methoxy groups -OCH3 is 2. The highest BCUT2D eigenvalue weighted by Gasteiger charge is 2.20. The maximum absolute atomic E-state index is 11.9. The molecule has 4 aromatic heterocycles. The fraction of sp³-hybridized carbons (Fsp3) is 0.105. The third-order valence-electron chi connectivity index (χ3n) is 8.29. The molecule has 0 atom stereocenters. The number of rotatable bonds is 8. The number of hydrogen-bond acceptors (Lipinski definition) is 11. The van der Waals surface area contributed by atoms with Crippen molar-refractivity contribution in [2.24, 2.45) is 0 Å². The van der Waals surface area contributed by atoms with Gasteiger partial charge >= 0.3 is 0 Å². The van der Waals surface area contributed by atoms with Gasteiger partial charge in [0, 0.05) is 41.9 Å². The lowest BCUT2D eigenvalue weighted by Gasteiger charge is -2.10. The fourth-order valence-corrected chi connectivity index (χ4v) is 7.14. The van der Waals surface area contributed by atoms with Gasteiger partial charge in [-0.1, -0.05) is 58.2 Å². The molecule has 0 amide bonds. The number of halogens is 4. The standard InChI is InChI=1S/C19H14Cl2N4O3S.C19H14Cl2N4OS/c1-28-12-4-6-16-15(10-12)23-18(11-3-5-13(20)14(21)9-11)25(16)17-7-8-22-19(24-17)29(2,26)27;1-26-12-4-6-16-15(10-12)23-18(11-3-5-13(20)14(21)9-11)25(16)17-7-8-22-19(24-17)27-2/h3-10H,1-2H3;3-10H,1-2H3. The molecule has 8 rings (SSSR count). The van der Waals surface area contributed by atoms with E-state index >= 15 is 0 Å². The van der Waals surface area contributed by atoms with Crippen LogP contribution in [0.2, 0.25) is 20.1 Å². The number of thioether (sulfide) groups is 1. The first-order valence-corrected chi connectivity index (χ1v) is 21.0. The molecule has 0 unspecified atom stereocenters. The summed E-state index contributed by atoms with van der Waals surface area (Å²) < 4.78 is 38.2. The van der Waals surface area contributed by atoms with Crippen LogP contribution in [-0.4, -0.2) is 74.2 Å². The Morgan fingerprint density at radius 1 is 0.589 bits per heavy atom. The Hall–Kier alpha value is -4.96. The van der Waals surface area contributed by atoms with Gasteiger partial charge in [0.25, 0.3) is 0 Å². The summed E-state index contributed by atoms with van der Waals surface area (Å²) in [5.41, 5.74) is 4.58. The van der Waals surface area contributed by atoms with E-state index in [1.807, 2.05) is 47.2 Å². The zero-order valence-corrected chi connectivity index (χ0v) is 34.4. The van der Waals surface area contributed by atoms with Gasteiger partial charge in [0.2, 0.25) is 15.0 Å². The largest absolute Gasteiger partial charge is 0.497 e. The van der Waals surface area contributed by atoms with E-state index < -0.39 is 9.84 Å². The molecule has 8 aromatic rings. The number of ether oxygens (including phenoxy) is 2. The Morgan fingerprint density at radius 2 is 1.07 bits per heavy atom. The van der Waals surface area contributed by atoms with Crippen molar-refractivity contribution in [3.8, 4) is 45.9 Å². The Bertz CT molecular complexity index is 2890. The van der Waals surface area contributed by atoms with Crippen molar-refractivity contribution < 1.29 is 17.9 Å². The molecule has 0 spiro atoms. The highest BCUT2D eigenvalue weighted by molar-refractivity contribution is 7.98. The first-order chi connectivity index (χ1) is 26.9. The lowest BCUT2D eigenvalue weighted by atomic mass is 10.2. The van der Waals surface area contributed by atoms with Crippen LogP contribution in [0.15, 0.2) is 108 Å². The molecule has 4 heterocycles. The van der Waals surface area contributed by atoms with Crippen LogP contribution in [0.25, 0.3) is 56.5 Å². The van der Waals surface area contributed by atoms with E-state index in [1.165, 1.54) is 18.0 Å². The molecule has 0 aliphatic rings. The zero-order chi connectivity index (χ0) is 39.7. The van der Waals surface area contributed by atoms with Crippen LogP contribution in [-0.2, 0) is 9.84 Å². The molecule has 0 bridgehead atoms. The average molecular weight is 867 g/mol. The molecule has 18 heteroatoms. The minimum atomic E-state index is -3.58. The maximum atomic E-state index is 11.9. The Kier molecular flexibility index (Phi) is 11.4. The number of imidazole rings is 2. The van der Waals surface area contributed by atoms with Gasteiger partial charge in [0.05, 0.1) is 56.4 Å². The lowest BCUT2D eigenvalue weighted by molar-refractivity contribution is 0.415. The Labute approximate surface area is 345 Å². The second kappa shape index (κ2) is 16.3. The van der Waals surface area contributed by atoms with Gasteiger partial charge in [-0.2, -0.15) is 0 Å². The van der Waals surface area contributed by atoms with Crippen molar-refractivity contribution >= 4 is 90.1 Å². The van der Waals surface area contributed by atoms with Gasteiger partial charge in [-0.3, -0.25) is 9.13 Å². The van der Waals surface area contributed by atoms with Crippen LogP contribution in [0.4, 0.5) is 0 Å². The Balaban J connectivity index is 0.000000172. The second-order valence-electron chi connectivity index (χ2n) is 11.9. The normalized spacial score (nSPS) is 11.4. The smallest absolute Gasteiger partial charge is 0.248 e. The van der Waals surface area contributed by atoms with E-state index in [9.17, 15) is 8.42 Å². The first-order valence-electron chi connectivity index (χ1n) is 16.3. The van der Waals surface area contributed by atoms with Crippen LogP contribution in [0, 0.1) is 0 Å². The highest BCUT2D eigenvalue weighted by atomic mass is 35.5. The van der Waals surface area contributed by atoms with Crippen LogP contribution >= 0.6 is 58.2 Å². The van der Waals surface area contributed by atoms with Crippen LogP contribution < -0.4 is 9.47 Å². The second-order valence-corrected chi connectivity index (χ2v) is 16.2. The van der Waals surface area contributed by atoms with Gasteiger partial charge in [-0.25, -0.2) is 38.3 Å². The summed E-state index contributed by atoms with van der Waals surface area (Å²) in [5, 5.41) is 2.17. The van der Waals surface area contributed by atoms with E-state index in [2.05, 4.69) is 19.9 Å². The summed E-state index contributed by atoms with van der Waals surface area (Å²) in [5.74, 6) is 3.69. The van der Waals surface area contributed by atoms with Crippen molar-refractivity contribution in [1.29, 1.82) is 0 Å². The quantitative estimate of drug-likeness (QED) is 0.107. The third-order valence-corrected chi connectivity index (χ3v) is 11.2. The van der Waals surface area contributed by atoms with Gasteiger partial charge < -0.3 is 9.47 Å². The minimum absolute atomic E-state index is 0.273. The Morgan fingerprint density at radius 3 is 1.52 bits per heavy atom. The number of hydrogen-bond donors (Lipinski definition) is 0. The van der Waals surface area contributed by atoms with Crippen molar-refractivity contribution in [3.05, 3.63) is 117 Å². The zero-order valence-electron chi connectivity index (χ0n) is 29.8. The summed E-state index contributed by atoms with van der Waals surface area (Å²) in [6.07, 6.45) is 6.13. The van der Waals surface area contributed by atoms with Crippen LogP contribution in [0.5, 0.6) is 11.5 Å². The van der Waals surface area contributed by atoms with Gasteiger partial charge in [-0.15, -0.1) is 0 Å². The molecule has 4 aromatic carbocycles. The van der Waals surface area contributed by atoms with E-state index in [0.29, 0.717) is 65.1 Å². The van der Waals surface area contributed by atoms with E-state index in [4.69, 9.17) is 65.8 Å². The summed E-state index contributed by atoms with van der Waals surface area (Å²) in [6, 6.07) is 25.2. The lowest BCUT2D eigenvalue weighted by Crippen LogP contribution is -2.08. The number of benzene rings is 4. The van der Waals surface area contributed by atoms with Crippen molar-refractivity contribution in [3.63, 3.8) is 0 Å². The molecule has 0 saturated carbocycles. The first kappa shape index (κ1) is 39.3. The fourth-order valence-electron chi connectivity index (χ4n) is 5.69. The molecular formula is C38H28Cl4N8O4S2. The molecule has 0 aliphatic carbocycles. The monoisotopic (exact) mass is 864 g/mol. The topological polar surface area (TPSA) is 140 Å². The van der Waals surface area contributed by atoms with E-state index in [0.717, 1.165) is 34.4 Å². The average Bonchev–Trinajstić information content (AvgIpc) is 3.78. The summed E-state index contributed by atoms with van der Waals surface area (Å²) in [7, 11) is -0.382. The molecule has 0 radical (unpaired) electrons. The van der Waals surface area contributed by atoms with Crippen molar-refractivity contribution in [1.82, 2.24) is 39.0 Å². The number of nitrogens with zero attached hydrogens (tertiary/aromatic N) is 8. The van der Waals surface area contributed by atoms with Crippen LogP contribution in [0.3, 0.4) is 0 Å². The molecule has 12 nitrogen and oxygen atoms in total. The molecule has 56 heavy (non-hydrogen) atoms. The summed E-state index contributed by atoms with van der Waals surface area (Å²) in [6.45, 7) is 0. The highest BCUT2D eigenvalue weighted by Crippen LogP contribution is 2.35. The minimum Gasteiger partial charge on any atom is -0.497 e. The van der Waals surface area contributed by atoms with Gasteiger partial charge in [0.1, 0.15) is 34.8 Å². The number of sulfone groups is 1.